The van der Waals surface area contributed by atoms with Gasteiger partial charge in [-0.1, -0.05) is 12.2 Å². The van der Waals surface area contributed by atoms with Crippen molar-refractivity contribution in [1.29, 1.82) is 0 Å². The van der Waals surface area contributed by atoms with E-state index in [1.807, 2.05) is 11.9 Å². The van der Waals surface area contributed by atoms with Crippen LogP contribution >= 0.6 is 0 Å². The van der Waals surface area contributed by atoms with E-state index in [0.29, 0.717) is 5.91 Å². The molecular weight excluding hydrogens is 236 g/mol. The molecule has 0 aromatic heterocycles. The van der Waals surface area contributed by atoms with Gasteiger partial charge in [0.2, 0.25) is 5.91 Å². The van der Waals surface area contributed by atoms with Crippen molar-refractivity contribution in [3.63, 3.8) is 0 Å². The van der Waals surface area contributed by atoms with E-state index < -0.39 is 0 Å². The van der Waals surface area contributed by atoms with E-state index in [2.05, 4.69) is 17.1 Å². The minimum Gasteiger partial charge on any atom is -0.340 e. The van der Waals surface area contributed by atoms with Gasteiger partial charge >= 0.3 is 0 Å². The van der Waals surface area contributed by atoms with Crippen LogP contribution in [0.15, 0.2) is 12.2 Å². The Morgan fingerprint density at radius 1 is 1.26 bits per heavy atom. The maximum Gasteiger partial charge on any atom is 0.222 e. The molecule has 0 aromatic rings. The highest BCUT2D eigenvalue weighted by Crippen LogP contribution is 2.38. The Balaban J connectivity index is 1.52. The quantitative estimate of drug-likeness (QED) is 0.714. The Morgan fingerprint density at radius 3 is 2.63 bits per heavy atom. The van der Waals surface area contributed by atoms with Crippen LogP contribution in [0.1, 0.15) is 44.9 Å². The van der Waals surface area contributed by atoms with Gasteiger partial charge in [-0.3, -0.25) is 4.79 Å². The summed E-state index contributed by atoms with van der Waals surface area (Å²) in [6.07, 6.45) is 12.8. The van der Waals surface area contributed by atoms with Crippen LogP contribution in [0, 0.1) is 5.92 Å². The Bertz CT molecular complexity index is 369. The zero-order valence-electron chi connectivity index (χ0n) is 12.1. The lowest BCUT2D eigenvalue weighted by Gasteiger charge is -2.44. The van der Waals surface area contributed by atoms with Gasteiger partial charge in [0.15, 0.2) is 0 Å². The Kier molecular flexibility index (Phi) is 3.66. The van der Waals surface area contributed by atoms with E-state index >= 15 is 0 Å². The number of hydrogen-bond donors (Lipinski definition) is 0. The molecule has 1 spiro atoms. The summed E-state index contributed by atoms with van der Waals surface area (Å²) in [7, 11) is 2.01. The smallest absolute Gasteiger partial charge is 0.222 e. The molecule has 2 aliphatic heterocycles. The van der Waals surface area contributed by atoms with Crippen molar-refractivity contribution in [2.45, 2.75) is 50.5 Å². The van der Waals surface area contributed by atoms with Gasteiger partial charge in [-0.25, -0.2) is 0 Å². The predicted molar refractivity (Wildman–Crippen MR) is 76.9 cm³/mol. The molecule has 1 atom stereocenters. The van der Waals surface area contributed by atoms with Crippen LogP contribution < -0.4 is 0 Å². The van der Waals surface area contributed by atoms with Gasteiger partial charge in [-0.05, 0) is 44.4 Å². The van der Waals surface area contributed by atoms with Gasteiger partial charge in [-0.15, -0.1) is 0 Å². The normalized spacial score (nSPS) is 31.3. The number of likely N-dealkylation sites (tertiary alicyclic amines) is 2. The highest BCUT2D eigenvalue weighted by Gasteiger charge is 2.44. The topological polar surface area (TPSA) is 23.6 Å². The molecule has 0 radical (unpaired) electrons. The summed E-state index contributed by atoms with van der Waals surface area (Å²) < 4.78 is 0. The van der Waals surface area contributed by atoms with Crippen molar-refractivity contribution >= 4 is 5.91 Å². The first-order valence-corrected chi connectivity index (χ1v) is 7.84. The number of piperidine rings is 1. The minimum absolute atomic E-state index is 0.208. The van der Waals surface area contributed by atoms with E-state index in [0.717, 1.165) is 18.8 Å². The second-order valence-corrected chi connectivity index (χ2v) is 6.63. The molecule has 2 fully saturated rings. The fraction of sp³-hybridized carbons (Fsp3) is 0.812. The van der Waals surface area contributed by atoms with Crippen molar-refractivity contribution in [3.05, 3.63) is 12.2 Å². The third kappa shape index (κ3) is 2.58. The molecule has 0 saturated carbocycles. The van der Waals surface area contributed by atoms with Gasteiger partial charge in [0.25, 0.3) is 0 Å². The summed E-state index contributed by atoms with van der Waals surface area (Å²) in [5.41, 5.74) is 0.208. The largest absolute Gasteiger partial charge is 0.340 e. The Labute approximate surface area is 116 Å². The summed E-state index contributed by atoms with van der Waals surface area (Å²) in [5.74, 6) is 1.22. The minimum atomic E-state index is 0.208. The maximum atomic E-state index is 11.8. The first-order chi connectivity index (χ1) is 9.20. The third-order valence-corrected chi connectivity index (χ3v) is 5.57. The molecular formula is C16H26N2O. The van der Waals surface area contributed by atoms with Crippen molar-refractivity contribution in [1.82, 2.24) is 9.80 Å². The number of carbonyl (C=O) groups is 1. The van der Waals surface area contributed by atoms with Gasteiger partial charge in [0.05, 0.1) is 0 Å². The highest BCUT2D eigenvalue weighted by atomic mass is 16.2. The molecule has 2 heterocycles. The molecule has 0 bridgehead atoms. The van der Waals surface area contributed by atoms with Crippen LogP contribution in [0.3, 0.4) is 0 Å². The molecule has 3 rings (SSSR count). The van der Waals surface area contributed by atoms with Crippen LogP contribution in [-0.2, 0) is 4.79 Å². The molecule has 3 nitrogen and oxygen atoms in total. The van der Waals surface area contributed by atoms with E-state index in [1.165, 1.54) is 51.7 Å². The molecule has 2 saturated heterocycles. The van der Waals surface area contributed by atoms with E-state index in [-0.39, 0.29) is 5.54 Å². The molecule has 1 aliphatic carbocycles. The predicted octanol–water partition coefficient (Wildman–Crippen LogP) is 2.43. The SMILES string of the molecule is CN1C(=O)CCC12CCN(CC1CC=CCC1)CC2. The summed E-state index contributed by atoms with van der Waals surface area (Å²) in [5, 5.41) is 0. The van der Waals surface area contributed by atoms with Gasteiger partial charge in [0, 0.05) is 38.6 Å². The summed E-state index contributed by atoms with van der Waals surface area (Å²) in [4.78, 5) is 16.4. The number of amides is 1. The number of carbonyl (C=O) groups excluding carboxylic acids is 1. The van der Waals surface area contributed by atoms with Crippen molar-refractivity contribution in [3.8, 4) is 0 Å². The molecule has 1 unspecified atom stereocenters. The van der Waals surface area contributed by atoms with Gasteiger partial charge in [0.1, 0.15) is 0 Å². The molecule has 19 heavy (non-hydrogen) atoms. The Hall–Kier alpha value is -0.830. The van der Waals surface area contributed by atoms with Crippen molar-refractivity contribution in [2.75, 3.05) is 26.7 Å². The second-order valence-electron chi connectivity index (χ2n) is 6.63. The van der Waals surface area contributed by atoms with Crippen LogP contribution in [0.5, 0.6) is 0 Å². The van der Waals surface area contributed by atoms with E-state index in [9.17, 15) is 4.79 Å². The lowest BCUT2D eigenvalue weighted by atomic mass is 9.84. The van der Waals surface area contributed by atoms with E-state index in [1.54, 1.807) is 0 Å². The van der Waals surface area contributed by atoms with Crippen LogP contribution in [-0.4, -0.2) is 47.9 Å². The molecule has 1 amide bonds. The summed E-state index contributed by atoms with van der Waals surface area (Å²) in [6, 6.07) is 0. The van der Waals surface area contributed by atoms with Gasteiger partial charge < -0.3 is 9.80 Å². The van der Waals surface area contributed by atoms with Gasteiger partial charge in [-0.2, -0.15) is 0 Å². The lowest BCUT2D eigenvalue weighted by Crippen LogP contribution is -2.52. The number of rotatable bonds is 2. The standard InChI is InChI=1S/C16H26N2O/c1-17-15(19)7-8-16(17)9-11-18(12-10-16)13-14-5-3-2-4-6-14/h2-3,14H,4-13H2,1H3. The zero-order chi connectivity index (χ0) is 13.3. The molecule has 106 valence electrons. The average molecular weight is 262 g/mol. The fourth-order valence-electron chi connectivity index (χ4n) is 4.06. The molecule has 0 N–H and O–H groups in total. The zero-order valence-corrected chi connectivity index (χ0v) is 12.1. The van der Waals surface area contributed by atoms with Crippen LogP contribution in [0.25, 0.3) is 0 Å². The first-order valence-electron chi connectivity index (χ1n) is 7.84. The average Bonchev–Trinajstić information content (AvgIpc) is 2.72. The maximum absolute atomic E-state index is 11.8. The van der Waals surface area contributed by atoms with Crippen molar-refractivity contribution in [2.24, 2.45) is 5.92 Å². The monoisotopic (exact) mass is 262 g/mol. The van der Waals surface area contributed by atoms with E-state index in [4.69, 9.17) is 0 Å². The number of allylic oxidation sites excluding steroid dienone is 2. The first kappa shape index (κ1) is 13.2. The van der Waals surface area contributed by atoms with Crippen molar-refractivity contribution < 1.29 is 4.79 Å². The third-order valence-electron chi connectivity index (χ3n) is 5.57. The molecule has 3 aliphatic rings. The summed E-state index contributed by atoms with van der Waals surface area (Å²) >= 11 is 0. The van der Waals surface area contributed by atoms with Crippen LogP contribution in [0.4, 0.5) is 0 Å². The molecule has 3 heteroatoms. The lowest BCUT2D eigenvalue weighted by molar-refractivity contribution is -0.130. The second kappa shape index (κ2) is 5.28. The number of nitrogens with zero attached hydrogens (tertiary/aromatic N) is 2. The summed E-state index contributed by atoms with van der Waals surface area (Å²) in [6.45, 7) is 3.62. The molecule has 0 aromatic carbocycles. The number of hydrogen-bond acceptors (Lipinski definition) is 2. The highest BCUT2D eigenvalue weighted by molar-refractivity contribution is 5.79. The van der Waals surface area contributed by atoms with Crippen LogP contribution in [0.2, 0.25) is 0 Å². The Morgan fingerprint density at radius 2 is 2.05 bits per heavy atom. The fourth-order valence-corrected chi connectivity index (χ4v) is 4.06.